The van der Waals surface area contributed by atoms with Gasteiger partial charge in [0.1, 0.15) is 0 Å². The first-order chi connectivity index (χ1) is 12.7. The van der Waals surface area contributed by atoms with E-state index in [0.717, 1.165) is 27.2 Å². The van der Waals surface area contributed by atoms with Gasteiger partial charge in [-0.05, 0) is 28.5 Å². The molecule has 0 unspecified atom stereocenters. The van der Waals surface area contributed by atoms with Crippen LogP contribution in [0.15, 0.2) is 66.7 Å². The molecule has 0 aliphatic carbocycles. The topological polar surface area (TPSA) is 81.0 Å². The molecule has 0 atom stereocenters. The fourth-order valence-electron chi connectivity index (χ4n) is 3.25. The van der Waals surface area contributed by atoms with Crippen molar-refractivity contribution in [3.63, 3.8) is 0 Å². The second-order valence-corrected chi connectivity index (χ2v) is 6.01. The second-order valence-electron chi connectivity index (χ2n) is 6.01. The molecule has 26 heavy (non-hydrogen) atoms. The van der Waals surface area contributed by atoms with Gasteiger partial charge in [-0.3, -0.25) is 0 Å². The monoisotopic (exact) mass is 341 g/mol. The van der Waals surface area contributed by atoms with Crippen LogP contribution in [0.4, 0.5) is 4.79 Å². The molecular weight excluding hydrogens is 326 g/mol. The van der Waals surface area contributed by atoms with Crippen molar-refractivity contribution < 1.29 is 9.53 Å². The Morgan fingerprint density at radius 1 is 1.04 bits per heavy atom. The van der Waals surface area contributed by atoms with Crippen molar-refractivity contribution >= 4 is 27.8 Å². The number of nitrogens with zero attached hydrogens (tertiary/aromatic N) is 2. The van der Waals surface area contributed by atoms with Gasteiger partial charge in [0, 0.05) is 11.5 Å². The average molecular weight is 341 g/mol. The first-order valence-electron chi connectivity index (χ1n) is 8.13. The number of hydrogen-bond donors (Lipinski definition) is 1. The maximum Gasteiger partial charge on any atom is 0.411 e. The van der Waals surface area contributed by atoms with Crippen LogP contribution < -0.4 is 10.5 Å². The number of benzene rings is 3. The first kappa shape index (κ1) is 15.7. The van der Waals surface area contributed by atoms with Gasteiger partial charge in [0.2, 0.25) is 5.88 Å². The summed E-state index contributed by atoms with van der Waals surface area (Å²) in [4.78, 5) is 11.3. The quantitative estimate of drug-likeness (QED) is 0.607. The Morgan fingerprint density at radius 2 is 1.85 bits per heavy atom. The molecule has 3 aromatic carbocycles. The van der Waals surface area contributed by atoms with E-state index in [2.05, 4.69) is 24.3 Å². The van der Waals surface area contributed by atoms with Gasteiger partial charge >= 0.3 is 6.09 Å². The summed E-state index contributed by atoms with van der Waals surface area (Å²) in [6.45, 7) is 0.488. The van der Waals surface area contributed by atoms with E-state index in [0.29, 0.717) is 18.0 Å². The molecule has 0 fully saturated rings. The molecular formula is C21H15N3O2. The van der Waals surface area contributed by atoms with Crippen LogP contribution in [0.5, 0.6) is 5.88 Å². The standard InChI is InChI=1S/C21H15N3O2/c22-12-14-8-9-16-11-20(26-21(23)25)24(19(16)10-14)13-17-6-3-5-15-4-1-2-7-18(15)17/h1-11H,13H2,(H2,23,25). The van der Waals surface area contributed by atoms with Crippen molar-refractivity contribution in [3.8, 4) is 11.9 Å². The maximum absolute atomic E-state index is 11.3. The minimum Gasteiger partial charge on any atom is -0.393 e. The molecule has 0 saturated heterocycles. The van der Waals surface area contributed by atoms with E-state index < -0.39 is 6.09 Å². The molecule has 0 bridgehead atoms. The fourth-order valence-corrected chi connectivity index (χ4v) is 3.25. The third-order valence-electron chi connectivity index (χ3n) is 4.41. The molecule has 0 saturated carbocycles. The van der Waals surface area contributed by atoms with Crippen LogP contribution in [0.3, 0.4) is 0 Å². The number of nitriles is 1. The number of primary amides is 1. The fraction of sp³-hybridized carbons (Fsp3) is 0.0476. The van der Waals surface area contributed by atoms with Crippen molar-refractivity contribution in [1.29, 1.82) is 5.26 Å². The number of carbonyl (C=O) groups excluding carboxylic acids is 1. The van der Waals surface area contributed by atoms with Gasteiger partial charge in [-0.25, -0.2) is 4.79 Å². The molecule has 1 amide bonds. The van der Waals surface area contributed by atoms with Crippen molar-refractivity contribution in [3.05, 3.63) is 77.9 Å². The van der Waals surface area contributed by atoms with Crippen LogP contribution in [0.1, 0.15) is 11.1 Å². The van der Waals surface area contributed by atoms with Crippen LogP contribution in [-0.4, -0.2) is 10.7 Å². The number of fused-ring (bicyclic) bond motifs is 2. The average Bonchev–Trinajstić information content (AvgIpc) is 2.97. The number of aromatic nitrogens is 1. The van der Waals surface area contributed by atoms with Crippen molar-refractivity contribution in [1.82, 2.24) is 4.57 Å². The number of ether oxygens (including phenoxy) is 1. The number of carbonyl (C=O) groups is 1. The Kier molecular flexibility index (Phi) is 3.79. The van der Waals surface area contributed by atoms with Crippen LogP contribution >= 0.6 is 0 Å². The lowest BCUT2D eigenvalue weighted by Gasteiger charge is -2.12. The van der Waals surface area contributed by atoms with Gasteiger partial charge in [-0.1, -0.05) is 48.5 Å². The first-order valence-corrected chi connectivity index (χ1v) is 8.13. The van der Waals surface area contributed by atoms with Gasteiger partial charge < -0.3 is 15.0 Å². The van der Waals surface area contributed by atoms with Gasteiger partial charge in [0.15, 0.2) is 0 Å². The van der Waals surface area contributed by atoms with Crippen LogP contribution in [0, 0.1) is 11.3 Å². The molecule has 4 aromatic rings. The third kappa shape index (κ3) is 2.74. The van der Waals surface area contributed by atoms with Crippen LogP contribution in [0.25, 0.3) is 21.7 Å². The highest BCUT2D eigenvalue weighted by Gasteiger charge is 2.14. The van der Waals surface area contributed by atoms with Crippen LogP contribution in [-0.2, 0) is 6.54 Å². The molecule has 5 heteroatoms. The predicted octanol–water partition coefficient (Wildman–Crippen LogP) is 4.17. The lowest BCUT2D eigenvalue weighted by Crippen LogP contribution is -2.18. The minimum absolute atomic E-state index is 0.357. The summed E-state index contributed by atoms with van der Waals surface area (Å²) < 4.78 is 7.07. The Bertz CT molecular complexity index is 1180. The van der Waals surface area contributed by atoms with E-state index in [1.807, 2.05) is 34.9 Å². The zero-order chi connectivity index (χ0) is 18.1. The van der Waals surface area contributed by atoms with Crippen molar-refractivity contribution in [2.45, 2.75) is 6.54 Å². The zero-order valence-electron chi connectivity index (χ0n) is 13.8. The van der Waals surface area contributed by atoms with Crippen molar-refractivity contribution in [2.75, 3.05) is 0 Å². The van der Waals surface area contributed by atoms with E-state index in [-0.39, 0.29) is 0 Å². The molecule has 1 aromatic heterocycles. The van der Waals surface area contributed by atoms with E-state index in [1.54, 1.807) is 18.2 Å². The van der Waals surface area contributed by atoms with E-state index in [9.17, 15) is 10.1 Å². The van der Waals surface area contributed by atoms with E-state index >= 15 is 0 Å². The molecule has 1 heterocycles. The van der Waals surface area contributed by atoms with Gasteiger partial charge in [-0.2, -0.15) is 5.26 Å². The summed E-state index contributed by atoms with van der Waals surface area (Å²) in [5.41, 5.74) is 7.66. The number of nitrogens with two attached hydrogens (primary N) is 1. The molecule has 0 aliphatic heterocycles. The Labute approximate surface area is 149 Å². The molecule has 2 N–H and O–H groups in total. The summed E-state index contributed by atoms with van der Waals surface area (Å²) in [5, 5.41) is 12.3. The largest absolute Gasteiger partial charge is 0.411 e. The lowest BCUT2D eigenvalue weighted by molar-refractivity contribution is 0.207. The van der Waals surface area contributed by atoms with Crippen molar-refractivity contribution in [2.24, 2.45) is 5.73 Å². The predicted molar refractivity (Wildman–Crippen MR) is 99.9 cm³/mol. The SMILES string of the molecule is N#Cc1ccc2cc(OC(N)=O)n(Cc3cccc4ccccc34)c2c1. The summed E-state index contributed by atoms with van der Waals surface area (Å²) in [5.74, 6) is 0.357. The maximum atomic E-state index is 11.3. The molecule has 0 aliphatic rings. The van der Waals surface area contributed by atoms with Crippen LogP contribution in [0.2, 0.25) is 0 Å². The summed E-state index contributed by atoms with van der Waals surface area (Å²) in [6.07, 6.45) is -0.868. The minimum atomic E-state index is -0.868. The molecule has 4 rings (SSSR count). The van der Waals surface area contributed by atoms with Gasteiger partial charge in [0.25, 0.3) is 0 Å². The van der Waals surface area contributed by atoms with E-state index in [4.69, 9.17) is 10.5 Å². The summed E-state index contributed by atoms with van der Waals surface area (Å²) in [6, 6.07) is 23.5. The van der Waals surface area contributed by atoms with E-state index in [1.165, 1.54) is 0 Å². The number of amides is 1. The highest BCUT2D eigenvalue weighted by molar-refractivity contribution is 5.87. The highest BCUT2D eigenvalue weighted by atomic mass is 16.6. The molecule has 0 radical (unpaired) electrons. The molecule has 5 nitrogen and oxygen atoms in total. The lowest BCUT2D eigenvalue weighted by atomic mass is 10.0. The Balaban J connectivity index is 1.91. The smallest absolute Gasteiger partial charge is 0.393 e. The number of rotatable bonds is 3. The Hall–Kier alpha value is -3.78. The normalized spacial score (nSPS) is 10.7. The second kappa shape index (κ2) is 6.26. The van der Waals surface area contributed by atoms with Gasteiger partial charge in [-0.15, -0.1) is 0 Å². The summed E-state index contributed by atoms with van der Waals surface area (Å²) in [7, 11) is 0. The molecule has 0 spiro atoms. The van der Waals surface area contributed by atoms with Gasteiger partial charge in [0.05, 0.1) is 23.7 Å². The Morgan fingerprint density at radius 3 is 2.65 bits per heavy atom. The third-order valence-corrected chi connectivity index (χ3v) is 4.41. The molecule has 126 valence electrons. The number of hydrogen-bond acceptors (Lipinski definition) is 3. The summed E-state index contributed by atoms with van der Waals surface area (Å²) >= 11 is 0. The highest BCUT2D eigenvalue weighted by Crippen LogP contribution is 2.29. The zero-order valence-corrected chi connectivity index (χ0v) is 13.8.